The van der Waals surface area contributed by atoms with Gasteiger partial charge in [0.05, 0.1) is 28.0 Å². The molecule has 2 amide bonds. The minimum Gasteiger partial charge on any atom is -0.355 e. The molecule has 0 unspecified atom stereocenters. The van der Waals surface area contributed by atoms with E-state index in [4.69, 9.17) is 28.2 Å². The number of hydrogen-bond acceptors (Lipinski definition) is 5. The molecule has 10 heteroatoms. The zero-order valence-electron chi connectivity index (χ0n) is 20.3. The molecule has 1 aliphatic rings. The standard InChI is InChI=1S/C26H26Cl2N4O3S/c1-14(2)36-26-30-22-13-31(24(34)17-7-10-20(27)21(28)12-17)15(3)11-19(22)25(35)32(26)18-8-5-16(6-9-18)23(33)29-4/h5-10,12,14-15H,11,13H2,1-4H3,(H,29,33)/t15-/m1/s1. The molecular formula is C26H26Cl2N4O3S. The average Bonchev–Trinajstić information content (AvgIpc) is 2.85. The molecule has 4 rings (SSSR count). The Labute approximate surface area is 223 Å². The molecule has 1 atom stereocenters. The molecule has 0 saturated carbocycles. The van der Waals surface area contributed by atoms with Crippen LogP contribution in [0.2, 0.25) is 10.0 Å². The zero-order chi connectivity index (χ0) is 26.1. The van der Waals surface area contributed by atoms with E-state index in [1.54, 1.807) is 59.0 Å². The normalized spacial score (nSPS) is 15.1. The van der Waals surface area contributed by atoms with E-state index < -0.39 is 0 Å². The van der Waals surface area contributed by atoms with Gasteiger partial charge in [-0.2, -0.15) is 0 Å². The van der Waals surface area contributed by atoms with Gasteiger partial charge in [-0.05, 0) is 55.8 Å². The van der Waals surface area contributed by atoms with E-state index in [1.807, 2.05) is 20.8 Å². The number of carbonyl (C=O) groups is 2. The van der Waals surface area contributed by atoms with Crippen molar-refractivity contribution in [3.63, 3.8) is 0 Å². The van der Waals surface area contributed by atoms with Gasteiger partial charge in [0.25, 0.3) is 17.4 Å². The van der Waals surface area contributed by atoms with Gasteiger partial charge in [0.1, 0.15) is 0 Å². The number of rotatable bonds is 5. The molecule has 2 heterocycles. The molecule has 1 N–H and O–H groups in total. The first-order chi connectivity index (χ1) is 17.1. The highest BCUT2D eigenvalue weighted by Crippen LogP contribution is 2.29. The van der Waals surface area contributed by atoms with Crippen LogP contribution in [-0.4, -0.2) is 44.6 Å². The van der Waals surface area contributed by atoms with Crippen LogP contribution >= 0.6 is 35.0 Å². The first kappa shape index (κ1) is 26.3. The highest BCUT2D eigenvalue weighted by Gasteiger charge is 2.32. The lowest BCUT2D eigenvalue weighted by atomic mass is 9.98. The molecule has 0 aliphatic carbocycles. The second-order valence-electron chi connectivity index (χ2n) is 8.87. The lowest BCUT2D eigenvalue weighted by Gasteiger charge is -2.34. The molecule has 0 fully saturated rings. The third kappa shape index (κ3) is 5.16. The first-order valence-corrected chi connectivity index (χ1v) is 13.1. The second kappa shape index (κ2) is 10.7. The summed E-state index contributed by atoms with van der Waals surface area (Å²) in [4.78, 5) is 45.6. The van der Waals surface area contributed by atoms with Crippen LogP contribution in [0.1, 0.15) is 52.7 Å². The van der Waals surface area contributed by atoms with Gasteiger partial charge >= 0.3 is 0 Å². The number of hydrogen-bond donors (Lipinski definition) is 1. The molecule has 0 bridgehead atoms. The Morgan fingerprint density at radius 3 is 2.36 bits per heavy atom. The minimum atomic E-state index is -0.221. The van der Waals surface area contributed by atoms with E-state index >= 15 is 0 Å². The predicted molar refractivity (Wildman–Crippen MR) is 144 cm³/mol. The monoisotopic (exact) mass is 544 g/mol. The number of fused-ring (bicyclic) bond motifs is 1. The van der Waals surface area contributed by atoms with Crippen molar-refractivity contribution in [1.29, 1.82) is 0 Å². The number of halogens is 2. The van der Waals surface area contributed by atoms with Gasteiger partial charge in [-0.25, -0.2) is 4.98 Å². The third-order valence-electron chi connectivity index (χ3n) is 5.97. The number of aromatic nitrogens is 2. The molecule has 188 valence electrons. The van der Waals surface area contributed by atoms with Crippen molar-refractivity contribution in [3.05, 3.63) is 85.2 Å². The Bertz CT molecular complexity index is 1390. The summed E-state index contributed by atoms with van der Waals surface area (Å²) in [6.45, 7) is 6.18. The second-order valence-corrected chi connectivity index (χ2v) is 11.2. The molecule has 0 spiro atoms. The summed E-state index contributed by atoms with van der Waals surface area (Å²) in [5.74, 6) is -0.393. The van der Waals surface area contributed by atoms with Crippen LogP contribution in [-0.2, 0) is 13.0 Å². The third-order valence-corrected chi connectivity index (χ3v) is 7.66. The summed E-state index contributed by atoms with van der Waals surface area (Å²) in [5.41, 5.74) is 2.58. The Balaban J connectivity index is 1.75. The average molecular weight is 545 g/mol. The molecule has 1 aromatic heterocycles. The van der Waals surface area contributed by atoms with E-state index in [0.29, 0.717) is 49.7 Å². The lowest BCUT2D eigenvalue weighted by Crippen LogP contribution is -2.46. The minimum absolute atomic E-state index is 0.163. The molecule has 36 heavy (non-hydrogen) atoms. The fraction of sp³-hybridized carbons (Fsp3) is 0.308. The van der Waals surface area contributed by atoms with Crippen molar-refractivity contribution >= 4 is 46.8 Å². The Morgan fingerprint density at radius 1 is 1.08 bits per heavy atom. The van der Waals surface area contributed by atoms with Crippen LogP contribution < -0.4 is 10.9 Å². The SMILES string of the molecule is CNC(=O)c1ccc(-n2c(SC(C)C)nc3c(c2=O)C[C@@H](C)N(C(=O)c2ccc(Cl)c(Cl)c2)C3)cc1. The summed E-state index contributed by atoms with van der Waals surface area (Å²) in [7, 11) is 1.57. The maximum atomic E-state index is 13.8. The van der Waals surface area contributed by atoms with E-state index in [0.717, 1.165) is 0 Å². The van der Waals surface area contributed by atoms with Crippen molar-refractivity contribution < 1.29 is 9.59 Å². The van der Waals surface area contributed by atoms with Crippen LogP contribution in [0.3, 0.4) is 0 Å². The van der Waals surface area contributed by atoms with Gasteiger partial charge in [0, 0.05) is 35.0 Å². The van der Waals surface area contributed by atoms with Crippen LogP contribution in [0, 0.1) is 0 Å². The molecule has 7 nitrogen and oxygen atoms in total. The summed E-state index contributed by atoms with van der Waals surface area (Å²) in [6.07, 6.45) is 0.372. The molecule has 0 radical (unpaired) electrons. The van der Waals surface area contributed by atoms with E-state index in [1.165, 1.54) is 11.8 Å². The summed E-state index contributed by atoms with van der Waals surface area (Å²) in [6, 6.07) is 11.4. The lowest BCUT2D eigenvalue weighted by molar-refractivity contribution is 0.0652. The Kier molecular flexibility index (Phi) is 7.78. The summed E-state index contributed by atoms with van der Waals surface area (Å²) < 4.78 is 1.60. The van der Waals surface area contributed by atoms with Gasteiger partial charge < -0.3 is 10.2 Å². The van der Waals surface area contributed by atoms with Crippen LogP contribution in [0.5, 0.6) is 0 Å². The maximum Gasteiger partial charge on any atom is 0.262 e. The number of benzene rings is 2. The number of nitrogens with zero attached hydrogens (tertiary/aromatic N) is 3. The smallest absolute Gasteiger partial charge is 0.262 e. The molecular weight excluding hydrogens is 519 g/mol. The van der Waals surface area contributed by atoms with Crippen LogP contribution in [0.25, 0.3) is 5.69 Å². The molecule has 1 aliphatic heterocycles. The summed E-state index contributed by atoms with van der Waals surface area (Å²) >= 11 is 13.6. The van der Waals surface area contributed by atoms with Crippen molar-refractivity contribution in [1.82, 2.24) is 19.8 Å². The Hall–Kier alpha value is -2.81. The quantitative estimate of drug-likeness (QED) is 0.361. The Morgan fingerprint density at radius 2 is 1.75 bits per heavy atom. The fourth-order valence-electron chi connectivity index (χ4n) is 4.13. The largest absolute Gasteiger partial charge is 0.355 e. The van der Waals surface area contributed by atoms with Gasteiger partial charge in [-0.3, -0.25) is 19.0 Å². The molecule has 3 aromatic rings. The van der Waals surface area contributed by atoms with E-state index in [2.05, 4.69) is 5.32 Å². The van der Waals surface area contributed by atoms with Gasteiger partial charge in [-0.1, -0.05) is 48.8 Å². The topological polar surface area (TPSA) is 84.3 Å². The highest BCUT2D eigenvalue weighted by molar-refractivity contribution is 7.99. The van der Waals surface area contributed by atoms with Crippen LogP contribution in [0.15, 0.2) is 52.4 Å². The molecule has 2 aromatic carbocycles. The van der Waals surface area contributed by atoms with E-state index in [-0.39, 0.29) is 35.2 Å². The van der Waals surface area contributed by atoms with Crippen molar-refractivity contribution in [2.75, 3.05) is 7.05 Å². The number of thioether (sulfide) groups is 1. The van der Waals surface area contributed by atoms with Crippen molar-refractivity contribution in [3.8, 4) is 5.69 Å². The van der Waals surface area contributed by atoms with Crippen molar-refractivity contribution in [2.24, 2.45) is 0 Å². The van der Waals surface area contributed by atoms with Gasteiger partial charge in [-0.15, -0.1) is 0 Å². The first-order valence-electron chi connectivity index (χ1n) is 11.5. The van der Waals surface area contributed by atoms with Gasteiger partial charge in [0.2, 0.25) is 0 Å². The number of amides is 2. The van der Waals surface area contributed by atoms with Crippen LogP contribution in [0.4, 0.5) is 0 Å². The van der Waals surface area contributed by atoms with Crippen molar-refractivity contribution in [2.45, 2.75) is 50.2 Å². The number of carbonyl (C=O) groups excluding carboxylic acids is 2. The predicted octanol–water partition coefficient (Wildman–Crippen LogP) is 4.99. The van der Waals surface area contributed by atoms with Gasteiger partial charge in [0.15, 0.2) is 5.16 Å². The maximum absolute atomic E-state index is 13.8. The zero-order valence-corrected chi connectivity index (χ0v) is 22.7. The molecule has 0 saturated heterocycles. The highest BCUT2D eigenvalue weighted by atomic mass is 35.5. The number of nitrogens with one attached hydrogen (secondary N) is 1. The summed E-state index contributed by atoms with van der Waals surface area (Å²) in [5, 5.41) is 4.00. The fourth-order valence-corrected chi connectivity index (χ4v) is 5.30. The van der Waals surface area contributed by atoms with E-state index in [9.17, 15) is 14.4 Å².